The van der Waals surface area contributed by atoms with Gasteiger partial charge in [-0.3, -0.25) is 0 Å². The Bertz CT molecular complexity index is 372. The van der Waals surface area contributed by atoms with Crippen molar-refractivity contribution in [1.82, 2.24) is 5.32 Å². The molecule has 3 heteroatoms. The van der Waals surface area contributed by atoms with Gasteiger partial charge in [-0.25, -0.2) is 4.39 Å². The Hall–Kier alpha value is -0.600. The van der Waals surface area contributed by atoms with E-state index in [-0.39, 0.29) is 0 Å². The van der Waals surface area contributed by atoms with Crippen molar-refractivity contribution in [3.8, 4) is 0 Å². The van der Waals surface area contributed by atoms with E-state index in [0.717, 1.165) is 25.1 Å². The van der Waals surface area contributed by atoms with Gasteiger partial charge in [-0.2, -0.15) is 0 Å². The topological polar surface area (TPSA) is 12.0 Å². The molecule has 2 rings (SSSR count). The summed E-state index contributed by atoms with van der Waals surface area (Å²) in [7, 11) is 0. The van der Waals surface area contributed by atoms with E-state index in [1.54, 1.807) is 6.07 Å². The Morgan fingerprint density at radius 3 is 2.71 bits per heavy atom. The van der Waals surface area contributed by atoms with E-state index >= 15 is 0 Å². The van der Waals surface area contributed by atoms with Crippen LogP contribution >= 0.6 is 11.6 Å². The van der Waals surface area contributed by atoms with Gasteiger partial charge in [0.2, 0.25) is 0 Å². The predicted molar refractivity (Wildman–Crippen MR) is 70.3 cm³/mol. The lowest BCUT2D eigenvalue weighted by Crippen LogP contribution is -2.28. The Morgan fingerprint density at radius 1 is 1.41 bits per heavy atom. The van der Waals surface area contributed by atoms with Crippen molar-refractivity contribution in [3.63, 3.8) is 0 Å². The number of nitrogens with one attached hydrogen (secondary N) is 1. The fourth-order valence-electron chi connectivity index (χ4n) is 2.37. The van der Waals surface area contributed by atoms with Crippen LogP contribution in [0.3, 0.4) is 0 Å². The molecular weight excluding hydrogens is 237 g/mol. The second-order valence-electron chi connectivity index (χ2n) is 4.86. The Balaban J connectivity index is 2.05. The maximum Gasteiger partial charge on any atom is 0.122 e. The largest absolute Gasteiger partial charge is 0.317 e. The lowest BCUT2D eigenvalue weighted by molar-refractivity contribution is 0.370. The summed E-state index contributed by atoms with van der Waals surface area (Å²) in [6.07, 6.45) is 2.48. The van der Waals surface area contributed by atoms with Crippen LogP contribution in [0.15, 0.2) is 18.2 Å². The molecule has 0 aliphatic carbocycles. The van der Waals surface area contributed by atoms with E-state index in [1.807, 2.05) is 12.1 Å². The zero-order valence-electron chi connectivity index (χ0n) is 10.2. The molecule has 1 aliphatic heterocycles. The van der Waals surface area contributed by atoms with Crippen molar-refractivity contribution in [2.75, 3.05) is 13.1 Å². The van der Waals surface area contributed by atoms with E-state index in [2.05, 4.69) is 5.32 Å². The third-order valence-electron chi connectivity index (χ3n) is 3.50. The summed E-state index contributed by atoms with van der Waals surface area (Å²) < 4.78 is 13.1. The molecule has 1 heterocycles. The van der Waals surface area contributed by atoms with Gasteiger partial charge in [0.25, 0.3) is 0 Å². The quantitative estimate of drug-likeness (QED) is 0.864. The van der Waals surface area contributed by atoms with Crippen molar-refractivity contribution in [2.45, 2.75) is 32.4 Å². The van der Waals surface area contributed by atoms with Gasteiger partial charge in [0.15, 0.2) is 0 Å². The molecule has 1 N–H and O–H groups in total. The van der Waals surface area contributed by atoms with Crippen LogP contribution < -0.4 is 5.32 Å². The summed E-state index contributed by atoms with van der Waals surface area (Å²) in [5.74, 6) is 0.711. The fourth-order valence-corrected chi connectivity index (χ4v) is 2.64. The van der Waals surface area contributed by atoms with E-state index in [9.17, 15) is 4.39 Å². The van der Waals surface area contributed by atoms with Crippen LogP contribution in [-0.2, 0) is 6.42 Å². The SMILES string of the molecule is CC(F)c1ccc(CC2CCNCC2)c(Cl)c1. The fraction of sp³-hybridized carbons (Fsp3) is 0.571. The van der Waals surface area contributed by atoms with Crippen molar-refractivity contribution < 1.29 is 4.39 Å². The summed E-state index contributed by atoms with van der Waals surface area (Å²) in [6.45, 7) is 3.74. The van der Waals surface area contributed by atoms with E-state index in [4.69, 9.17) is 11.6 Å². The minimum atomic E-state index is -0.944. The standard InChI is InChI=1S/C14H19ClFN/c1-10(16)12-2-3-13(14(15)9-12)8-11-4-6-17-7-5-11/h2-3,9-11,17H,4-8H2,1H3. The van der Waals surface area contributed by atoms with Crippen LogP contribution in [0, 0.1) is 5.92 Å². The number of alkyl halides is 1. The zero-order chi connectivity index (χ0) is 12.3. The van der Waals surface area contributed by atoms with Crippen LogP contribution in [0.1, 0.15) is 37.1 Å². The smallest absolute Gasteiger partial charge is 0.122 e. The molecule has 94 valence electrons. The zero-order valence-corrected chi connectivity index (χ0v) is 10.9. The van der Waals surface area contributed by atoms with Crippen LogP contribution in [0.5, 0.6) is 0 Å². The summed E-state index contributed by atoms with van der Waals surface area (Å²) in [6, 6.07) is 5.60. The lowest BCUT2D eigenvalue weighted by Gasteiger charge is -2.23. The molecule has 1 fully saturated rings. The highest BCUT2D eigenvalue weighted by Gasteiger charge is 2.15. The second-order valence-corrected chi connectivity index (χ2v) is 5.27. The van der Waals surface area contributed by atoms with Gasteiger partial charge in [0, 0.05) is 5.02 Å². The first-order chi connectivity index (χ1) is 8.16. The first-order valence-corrected chi connectivity index (χ1v) is 6.67. The summed E-state index contributed by atoms with van der Waals surface area (Å²) in [5, 5.41) is 4.07. The van der Waals surface area contributed by atoms with Gasteiger partial charge in [0.1, 0.15) is 6.17 Å². The average Bonchev–Trinajstić information content (AvgIpc) is 2.33. The van der Waals surface area contributed by atoms with E-state index < -0.39 is 6.17 Å². The third-order valence-corrected chi connectivity index (χ3v) is 3.86. The van der Waals surface area contributed by atoms with Gasteiger partial charge in [0.05, 0.1) is 0 Å². The van der Waals surface area contributed by atoms with Gasteiger partial charge < -0.3 is 5.32 Å². The van der Waals surface area contributed by atoms with Crippen molar-refractivity contribution >= 4 is 11.6 Å². The molecule has 17 heavy (non-hydrogen) atoms. The molecule has 1 nitrogen and oxygen atoms in total. The maximum atomic E-state index is 13.1. The van der Waals surface area contributed by atoms with Gasteiger partial charge in [-0.15, -0.1) is 0 Å². The first-order valence-electron chi connectivity index (χ1n) is 6.30. The molecule has 1 atom stereocenters. The van der Waals surface area contributed by atoms with Crippen LogP contribution in [0.2, 0.25) is 5.02 Å². The number of benzene rings is 1. The third kappa shape index (κ3) is 3.43. The van der Waals surface area contributed by atoms with Crippen molar-refractivity contribution in [3.05, 3.63) is 34.3 Å². The Labute approximate surface area is 107 Å². The number of hydrogen-bond donors (Lipinski definition) is 1. The molecule has 0 amide bonds. The van der Waals surface area contributed by atoms with E-state index in [1.165, 1.54) is 19.8 Å². The Morgan fingerprint density at radius 2 is 2.12 bits per heavy atom. The molecule has 1 saturated heterocycles. The van der Waals surface area contributed by atoms with Crippen LogP contribution in [0.4, 0.5) is 4.39 Å². The molecule has 1 aromatic rings. The second kappa shape index (κ2) is 5.83. The van der Waals surface area contributed by atoms with Gasteiger partial charge in [-0.05, 0) is 62.4 Å². The normalized spacial score (nSPS) is 19.2. The number of hydrogen-bond acceptors (Lipinski definition) is 1. The Kier molecular flexibility index (Phi) is 4.41. The van der Waals surface area contributed by atoms with E-state index in [0.29, 0.717) is 16.5 Å². The monoisotopic (exact) mass is 255 g/mol. The number of rotatable bonds is 3. The molecule has 0 spiro atoms. The average molecular weight is 256 g/mol. The van der Waals surface area contributed by atoms with Crippen LogP contribution in [0.25, 0.3) is 0 Å². The molecule has 0 aromatic heterocycles. The lowest BCUT2D eigenvalue weighted by atomic mass is 9.90. The summed E-state index contributed by atoms with van der Waals surface area (Å²) >= 11 is 6.21. The minimum Gasteiger partial charge on any atom is -0.317 e. The minimum absolute atomic E-state index is 0.670. The van der Waals surface area contributed by atoms with Crippen molar-refractivity contribution in [2.24, 2.45) is 5.92 Å². The highest BCUT2D eigenvalue weighted by Crippen LogP contribution is 2.27. The summed E-state index contributed by atoms with van der Waals surface area (Å²) in [5.41, 5.74) is 1.83. The maximum absolute atomic E-state index is 13.1. The predicted octanol–water partition coefficient (Wildman–Crippen LogP) is 3.91. The number of halogens is 2. The molecule has 0 radical (unpaired) electrons. The molecule has 0 bridgehead atoms. The summed E-state index contributed by atoms with van der Waals surface area (Å²) in [4.78, 5) is 0. The molecule has 0 saturated carbocycles. The highest BCUT2D eigenvalue weighted by atomic mass is 35.5. The highest BCUT2D eigenvalue weighted by molar-refractivity contribution is 6.31. The molecular formula is C14H19ClFN. The van der Waals surface area contributed by atoms with Gasteiger partial charge >= 0.3 is 0 Å². The van der Waals surface area contributed by atoms with Gasteiger partial charge in [-0.1, -0.05) is 23.7 Å². The molecule has 1 aromatic carbocycles. The number of piperidine rings is 1. The van der Waals surface area contributed by atoms with Crippen molar-refractivity contribution in [1.29, 1.82) is 0 Å². The first kappa shape index (κ1) is 12.8. The molecule has 1 unspecified atom stereocenters. The molecule has 1 aliphatic rings. The van der Waals surface area contributed by atoms with Crippen LogP contribution in [-0.4, -0.2) is 13.1 Å².